The lowest BCUT2D eigenvalue weighted by Gasteiger charge is -2.24. The van der Waals surface area contributed by atoms with Gasteiger partial charge in [-0.15, -0.1) is 10.2 Å². The highest BCUT2D eigenvalue weighted by atomic mass is 16.6. The van der Waals surface area contributed by atoms with Gasteiger partial charge in [0.2, 0.25) is 0 Å². The molecule has 30 heavy (non-hydrogen) atoms. The van der Waals surface area contributed by atoms with E-state index >= 15 is 0 Å². The maximum absolute atomic E-state index is 12.1. The number of ether oxygens (including phenoxy) is 1. The Labute approximate surface area is 181 Å². The third kappa shape index (κ3) is 10.5. The van der Waals surface area contributed by atoms with Gasteiger partial charge in [-0.2, -0.15) is 0 Å². The third-order valence-electron chi connectivity index (χ3n) is 4.52. The number of rotatable bonds is 11. The maximum Gasteiger partial charge on any atom is 0.407 e. The Hall–Kier alpha value is -2.32. The van der Waals surface area contributed by atoms with Crippen molar-refractivity contribution in [2.24, 2.45) is 12.0 Å². The van der Waals surface area contributed by atoms with Gasteiger partial charge in [0, 0.05) is 26.2 Å². The zero-order valence-corrected chi connectivity index (χ0v) is 19.8. The normalized spacial score (nSPS) is 13.1. The van der Waals surface area contributed by atoms with E-state index in [1.54, 1.807) is 0 Å². The van der Waals surface area contributed by atoms with Crippen LogP contribution in [-0.2, 0) is 18.3 Å². The molecular weight excluding hydrogens is 382 g/mol. The Morgan fingerprint density at radius 3 is 2.43 bits per heavy atom. The second-order valence-electron chi connectivity index (χ2n) is 8.53. The van der Waals surface area contributed by atoms with Crippen LogP contribution in [0.3, 0.4) is 0 Å². The van der Waals surface area contributed by atoms with E-state index in [0.29, 0.717) is 13.1 Å². The van der Waals surface area contributed by atoms with E-state index in [9.17, 15) is 4.79 Å². The number of aromatic nitrogens is 3. The summed E-state index contributed by atoms with van der Waals surface area (Å²) >= 11 is 0. The highest BCUT2D eigenvalue weighted by Gasteiger charge is 2.18. The topological polar surface area (TPSA) is 105 Å². The third-order valence-corrected chi connectivity index (χ3v) is 4.52. The van der Waals surface area contributed by atoms with Crippen molar-refractivity contribution in [3.05, 3.63) is 11.6 Å². The van der Waals surface area contributed by atoms with Gasteiger partial charge in [-0.25, -0.2) is 9.79 Å². The summed E-state index contributed by atoms with van der Waals surface area (Å²) in [7, 11) is 1.94. The van der Waals surface area contributed by atoms with Gasteiger partial charge in [-0.05, 0) is 40.5 Å². The lowest BCUT2D eigenvalue weighted by atomic mass is 10.1. The van der Waals surface area contributed by atoms with E-state index < -0.39 is 11.7 Å². The van der Waals surface area contributed by atoms with Crippen LogP contribution in [0, 0.1) is 6.92 Å². The number of hydrogen-bond acceptors (Lipinski definition) is 5. The van der Waals surface area contributed by atoms with Crippen molar-refractivity contribution in [2.45, 2.75) is 91.8 Å². The number of carbonyl (C=O) groups is 1. The number of guanidine groups is 1. The molecule has 0 aromatic carbocycles. The minimum absolute atomic E-state index is 0.0478. The van der Waals surface area contributed by atoms with Crippen molar-refractivity contribution in [2.75, 3.05) is 13.1 Å². The van der Waals surface area contributed by atoms with Gasteiger partial charge in [0.15, 0.2) is 11.8 Å². The molecule has 172 valence electrons. The number of hydrogen-bond donors (Lipinski definition) is 3. The first kappa shape index (κ1) is 25.7. The van der Waals surface area contributed by atoms with Crippen LogP contribution < -0.4 is 16.0 Å². The first-order chi connectivity index (χ1) is 14.2. The molecule has 0 saturated heterocycles. The van der Waals surface area contributed by atoms with E-state index in [4.69, 9.17) is 9.73 Å². The van der Waals surface area contributed by atoms with Gasteiger partial charge in [-0.3, -0.25) is 0 Å². The standard InChI is InChI=1S/C21H41N7O2/c1-8-10-12-17(14-24-20(29)30-21(4,5)6)25-19(22-13-11-9-2)23-15-18-27-26-16(3)28(18)7/h17H,8-15H2,1-7H3,(H,24,29)(H2,22,23,25). The molecule has 9 heteroatoms. The van der Waals surface area contributed by atoms with Crippen LogP contribution in [0.15, 0.2) is 4.99 Å². The molecule has 1 atom stereocenters. The van der Waals surface area contributed by atoms with E-state index in [0.717, 1.165) is 56.3 Å². The maximum atomic E-state index is 12.1. The molecule has 1 rings (SSSR count). The van der Waals surface area contributed by atoms with Crippen molar-refractivity contribution in [1.82, 2.24) is 30.7 Å². The zero-order valence-electron chi connectivity index (χ0n) is 19.8. The van der Waals surface area contributed by atoms with Gasteiger partial charge in [0.25, 0.3) is 0 Å². The monoisotopic (exact) mass is 423 g/mol. The molecule has 9 nitrogen and oxygen atoms in total. The Kier molecular flexibility index (Phi) is 11.2. The lowest BCUT2D eigenvalue weighted by Crippen LogP contribution is -2.49. The quantitative estimate of drug-likeness (QED) is 0.287. The van der Waals surface area contributed by atoms with Crippen molar-refractivity contribution >= 4 is 12.1 Å². The average molecular weight is 424 g/mol. The fraction of sp³-hybridized carbons (Fsp3) is 0.810. The molecule has 1 amide bonds. The molecule has 0 radical (unpaired) electrons. The summed E-state index contributed by atoms with van der Waals surface area (Å²) in [4.78, 5) is 16.8. The number of aliphatic imine (C=N–C) groups is 1. The fourth-order valence-corrected chi connectivity index (χ4v) is 2.66. The summed E-state index contributed by atoms with van der Waals surface area (Å²) in [5.41, 5.74) is -0.515. The SMILES string of the molecule is CCCCNC(=NCc1nnc(C)n1C)NC(CCCC)CNC(=O)OC(C)(C)C. The first-order valence-electron chi connectivity index (χ1n) is 11.0. The number of amides is 1. The van der Waals surface area contributed by atoms with Crippen molar-refractivity contribution in [1.29, 1.82) is 0 Å². The zero-order chi connectivity index (χ0) is 22.6. The van der Waals surface area contributed by atoms with Crippen LogP contribution in [0.4, 0.5) is 4.79 Å². The molecular formula is C21H41N7O2. The largest absolute Gasteiger partial charge is 0.444 e. The minimum Gasteiger partial charge on any atom is -0.444 e. The summed E-state index contributed by atoms with van der Waals surface area (Å²) in [5.74, 6) is 2.38. The predicted molar refractivity (Wildman–Crippen MR) is 120 cm³/mol. The van der Waals surface area contributed by atoms with E-state index in [-0.39, 0.29) is 6.04 Å². The van der Waals surface area contributed by atoms with E-state index in [2.05, 4.69) is 40.0 Å². The number of unbranched alkanes of at least 4 members (excludes halogenated alkanes) is 2. The molecule has 0 spiro atoms. The molecule has 1 aromatic rings. The molecule has 1 unspecified atom stereocenters. The molecule has 0 aliphatic carbocycles. The van der Waals surface area contributed by atoms with Gasteiger partial charge in [0.1, 0.15) is 18.0 Å². The van der Waals surface area contributed by atoms with Crippen LogP contribution in [0.1, 0.15) is 78.4 Å². The van der Waals surface area contributed by atoms with Crippen LogP contribution in [0.25, 0.3) is 0 Å². The lowest BCUT2D eigenvalue weighted by molar-refractivity contribution is 0.0522. The van der Waals surface area contributed by atoms with Gasteiger partial charge in [0.05, 0.1) is 0 Å². The van der Waals surface area contributed by atoms with E-state index in [1.807, 2.05) is 39.3 Å². The van der Waals surface area contributed by atoms with Gasteiger partial charge >= 0.3 is 6.09 Å². The van der Waals surface area contributed by atoms with Crippen molar-refractivity contribution < 1.29 is 9.53 Å². The van der Waals surface area contributed by atoms with Crippen LogP contribution in [0.2, 0.25) is 0 Å². The van der Waals surface area contributed by atoms with Crippen molar-refractivity contribution in [3.8, 4) is 0 Å². The average Bonchev–Trinajstić information content (AvgIpc) is 2.98. The molecule has 0 fully saturated rings. The summed E-state index contributed by atoms with van der Waals surface area (Å²) < 4.78 is 7.29. The van der Waals surface area contributed by atoms with Crippen molar-refractivity contribution in [3.63, 3.8) is 0 Å². The number of nitrogens with zero attached hydrogens (tertiary/aromatic N) is 4. The second kappa shape index (κ2) is 13.1. The summed E-state index contributed by atoms with van der Waals surface area (Å²) in [6.07, 6.45) is 4.81. The molecule has 0 aliphatic rings. The molecule has 1 aromatic heterocycles. The Morgan fingerprint density at radius 1 is 1.17 bits per heavy atom. The molecule has 0 aliphatic heterocycles. The number of nitrogens with one attached hydrogen (secondary N) is 3. The molecule has 1 heterocycles. The smallest absolute Gasteiger partial charge is 0.407 e. The Bertz CT molecular complexity index is 665. The Balaban J connectivity index is 2.80. The van der Waals surface area contributed by atoms with Crippen LogP contribution in [-0.4, -0.2) is 51.5 Å². The van der Waals surface area contributed by atoms with Gasteiger partial charge in [-0.1, -0.05) is 33.1 Å². The minimum atomic E-state index is -0.515. The number of aryl methyl sites for hydroxylation is 1. The van der Waals surface area contributed by atoms with E-state index in [1.165, 1.54) is 0 Å². The summed E-state index contributed by atoms with van der Waals surface area (Å²) in [6, 6.07) is 0.0478. The molecule has 0 bridgehead atoms. The number of alkyl carbamates (subject to hydrolysis) is 1. The van der Waals surface area contributed by atoms with Gasteiger partial charge < -0.3 is 25.3 Å². The predicted octanol–water partition coefficient (Wildman–Crippen LogP) is 3.04. The number of carbonyl (C=O) groups excluding carboxylic acids is 1. The highest BCUT2D eigenvalue weighted by molar-refractivity contribution is 5.80. The van der Waals surface area contributed by atoms with Crippen LogP contribution in [0.5, 0.6) is 0 Å². The first-order valence-corrected chi connectivity index (χ1v) is 11.0. The summed E-state index contributed by atoms with van der Waals surface area (Å²) in [5, 5.41) is 18.0. The fourth-order valence-electron chi connectivity index (χ4n) is 2.66. The molecule has 3 N–H and O–H groups in total. The summed E-state index contributed by atoms with van der Waals surface area (Å²) in [6.45, 7) is 13.5. The van der Waals surface area contributed by atoms with Crippen LogP contribution >= 0.6 is 0 Å². The molecule has 0 saturated carbocycles. The Morgan fingerprint density at radius 2 is 1.87 bits per heavy atom. The highest BCUT2D eigenvalue weighted by Crippen LogP contribution is 2.07. The second-order valence-corrected chi connectivity index (χ2v) is 8.53.